The molecule has 1 N–H and O–H groups in total. The molecule has 3 rings (SSSR count). The molecule has 2 amide bonds. The molecular formula is C16H18Cl2N2O2. The van der Waals surface area contributed by atoms with Gasteiger partial charge in [-0.25, -0.2) is 0 Å². The maximum atomic E-state index is 12.5. The Morgan fingerprint density at radius 1 is 1.09 bits per heavy atom. The molecule has 1 saturated heterocycles. The maximum Gasteiger partial charge on any atom is 0.255 e. The summed E-state index contributed by atoms with van der Waals surface area (Å²) < 4.78 is 0. The quantitative estimate of drug-likeness (QED) is 0.918. The van der Waals surface area contributed by atoms with Gasteiger partial charge in [0.1, 0.15) is 0 Å². The average molecular weight is 341 g/mol. The molecule has 118 valence electrons. The molecule has 1 aromatic carbocycles. The lowest BCUT2D eigenvalue weighted by Crippen LogP contribution is -2.47. The number of carbonyl (C=O) groups excluding carboxylic acids is 2. The fourth-order valence-electron chi connectivity index (χ4n) is 2.72. The summed E-state index contributed by atoms with van der Waals surface area (Å²) in [6.45, 7) is 1.26. The molecule has 0 bridgehead atoms. The van der Waals surface area contributed by atoms with Gasteiger partial charge in [-0.3, -0.25) is 9.59 Å². The SMILES string of the molecule is O=C(NC1CCN(C(=O)c2ccc(Cl)cc2Cl)CC1)C1CC1. The number of hydrogen-bond donors (Lipinski definition) is 1. The molecule has 2 aliphatic rings. The number of likely N-dealkylation sites (tertiary alicyclic amines) is 1. The summed E-state index contributed by atoms with van der Waals surface area (Å²) in [5, 5.41) is 3.97. The van der Waals surface area contributed by atoms with Gasteiger partial charge in [-0.1, -0.05) is 23.2 Å². The molecule has 0 atom stereocenters. The van der Waals surface area contributed by atoms with E-state index >= 15 is 0 Å². The largest absolute Gasteiger partial charge is 0.353 e. The number of halogens is 2. The first kappa shape index (κ1) is 15.6. The second kappa shape index (κ2) is 6.47. The van der Waals surface area contributed by atoms with E-state index in [4.69, 9.17) is 23.2 Å². The summed E-state index contributed by atoms with van der Waals surface area (Å²) in [5.74, 6) is 0.326. The maximum absolute atomic E-state index is 12.5. The number of amides is 2. The smallest absolute Gasteiger partial charge is 0.255 e. The van der Waals surface area contributed by atoms with Crippen molar-refractivity contribution < 1.29 is 9.59 Å². The van der Waals surface area contributed by atoms with Crippen molar-refractivity contribution in [1.82, 2.24) is 10.2 Å². The molecule has 6 heteroatoms. The number of rotatable bonds is 3. The highest BCUT2D eigenvalue weighted by atomic mass is 35.5. The zero-order chi connectivity index (χ0) is 15.7. The van der Waals surface area contributed by atoms with E-state index in [1.54, 1.807) is 23.1 Å². The Morgan fingerprint density at radius 2 is 1.77 bits per heavy atom. The van der Waals surface area contributed by atoms with E-state index < -0.39 is 0 Å². The predicted octanol–water partition coefficient (Wildman–Crippen LogP) is 3.12. The Labute approximate surface area is 139 Å². The monoisotopic (exact) mass is 340 g/mol. The van der Waals surface area contributed by atoms with Gasteiger partial charge in [0, 0.05) is 30.1 Å². The Balaban J connectivity index is 1.56. The zero-order valence-electron chi connectivity index (χ0n) is 12.1. The lowest BCUT2D eigenvalue weighted by atomic mass is 10.0. The standard InChI is InChI=1S/C16H18Cl2N2O2/c17-11-3-4-13(14(18)9-11)16(22)20-7-5-12(6-8-20)19-15(21)10-1-2-10/h3-4,9-10,12H,1-2,5-8H2,(H,19,21). The zero-order valence-corrected chi connectivity index (χ0v) is 13.7. The lowest BCUT2D eigenvalue weighted by Gasteiger charge is -2.32. The molecule has 0 aromatic heterocycles. The van der Waals surface area contributed by atoms with Crippen LogP contribution in [0.3, 0.4) is 0 Å². The molecule has 1 saturated carbocycles. The number of carbonyl (C=O) groups is 2. The van der Waals surface area contributed by atoms with Crippen molar-refractivity contribution in [2.75, 3.05) is 13.1 Å². The van der Waals surface area contributed by atoms with Crippen LogP contribution in [0, 0.1) is 5.92 Å². The Bertz CT molecular complexity index is 594. The lowest BCUT2D eigenvalue weighted by molar-refractivity contribution is -0.123. The minimum atomic E-state index is -0.0753. The van der Waals surface area contributed by atoms with Crippen molar-refractivity contribution >= 4 is 35.0 Å². The first-order valence-corrected chi connectivity index (χ1v) is 8.35. The minimum Gasteiger partial charge on any atom is -0.353 e. The first-order chi connectivity index (χ1) is 10.5. The second-order valence-corrected chi connectivity index (χ2v) is 6.82. The van der Waals surface area contributed by atoms with Crippen LogP contribution in [0.15, 0.2) is 18.2 Å². The van der Waals surface area contributed by atoms with Crippen molar-refractivity contribution in [1.29, 1.82) is 0 Å². The van der Waals surface area contributed by atoms with Crippen LogP contribution in [-0.4, -0.2) is 35.8 Å². The number of piperidine rings is 1. The van der Waals surface area contributed by atoms with E-state index in [1.165, 1.54) is 0 Å². The first-order valence-electron chi connectivity index (χ1n) is 7.59. The molecule has 0 unspecified atom stereocenters. The van der Waals surface area contributed by atoms with E-state index in [0.717, 1.165) is 25.7 Å². The molecule has 4 nitrogen and oxygen atoms in total. The summed E-state index contributed by atoms with van der Waals surface area (Å²) >= 11 is 11.9. The third kappa shape index (κ3) is 3.55. The summed E-state index contributed by atoms with van der Waals surface area (Å²) in [7, 11) is 0. The molecule has 22 heavy (non-hydrogen) atoms. The summed E-state index contributed by atoms with van der Waals surface area (Å²) in [5.41, 5.74) is 0.478. The van der Waals surface area contributed by atoms with Crippen LogP contribution < -0.4 is 5.32 Å². The van der Waals surface area contributed by atoms with Crippen molar-refractivity contribution in [3.63, 3.8) is 0 Å². The molecule has 1 aliphatic carbocycles. The molecular weight excluding hydrogens is 323 g/mol. The molecule has 2 fully saturated rings. The van der Waals surface area contributed by atoms with Gasteiger partial charge in [-0.15, -0.1) is 0 Å². The van der Waals surface area contributed by atoms with Crippen LogP contribution in [0.1, 0.15) is 36.0 Å². The molecule has 1 aliphatic heterocycles. The van der Waals surface area contributed by atoms with Crippen LogP contribution in [0.25, 0.3) is 0 Å². The summed E-state index contributed by atoms with van der Waals surface area (Å²) in [6, 6.07) is 5.09. The summed E-state index contributed by atoms with van der Waals surface area (Å²) in [4.78, 5) is 26.0. The highest BCUT2D eigenvalue weighted by Gasteiger charge is 2.32. The fourth-order valence-corrected chi connectivity index (χ4v) is 3.21. The van der Waals surface area contributed by atoms with Gasteiger partial charge >= 0.3 is 0 Å². The number of nitrogens with one attached hydrogen (secondary N) is 1. The van der Waals surface area contributed by atoms with Crippen molar-refractivity contribution in [2.45, 2.75) is 31.7 Å². The van der Waals surface area contributed by atoms with Crippen molar-refractivity contribution in [3.05, 3.63) is 33.8 Å². The van der Waals surface area contributed by atoms with Gasteiger partial charge in [-0.2, -0.15) is 0 Å². The highest BCUT2D eigenvalue weighted by molar-refractivity contribution is 6.36. The van der Waals surface area contributed by atoms with E-state index in [-0.39, 0.29) is 23.8 Å². The Morgan fingerprint density at radius 3 is 2.36 bits per heavy atom. The highest BCUT2D eigenvalue weighted by Crippen LogP contribution is 2.29. The van der Waals surface area contributed by atoms with E-state index in [9.17, 15) is 9.59 Å². The Hall–Kier alpha value is -1.26. The second-order valence-electron chi connectivity index (χ2n) is 5.97. The van der Waals surface area contributed by atoms with Gasteiger partial charge in [0.05, 0.1) is 10.6 Å². The van der Waals surface area contributed by atoms with Gasteiger partial charge < -0.3 is 10.2 Å². The number of benzene rings is 1. The molecule has 1 heterocycles. The van der Waals surface area contributed by atoms with E-state index in [0.29, 0.717) is 28.7 Å². The topological polar surface area (TPSA) is 49.4 Å². The molecule has 1 aromatic rings. The molecule has 0 spiro atoms. The van der Waals surface area contributed by atoms with Crippen LogP contribution >= 0.6 is 23.2 Å². The van der Waals surface area contributed by atoms with Crippen LogP contribution in [-0.2, 0) is 4.79 Å². The fraction of sp³-hybridized carbons (Fsp3) is 0.500. The van der Waals surface area contributed by atoms with Gasteiger partial charge in [-0.05, 0) is 43.9 Å². The van der Waals surface area contributed by atoms with Crippen LogP contribution in [0.2, 0.25) is 10.0 Å². The van der Waals surface area contributed by atoms with E-state index in [2.05, 4.69) is 5.32 Å². The van der Waals surface area contributed by atoms with Gasteiger partial charge in [0.25, 0.3) is 5.91 Å². The normalized spacial score (nSPS) is 19.1. The van der Waals surface area contributed by atoms with Crippen LogP contribution in [0.4, 0.5) is 0 Å². The van der Waals surface area contributed by atoms with Crippen molar-refractivity contribution in [3.8, 4) is 0 Å². The third-order valence-corrected chi connectivity index (χ3v) is 4.79. The minimum absolute atomic E-state index is 0.0753. The summed E-state index contributed by atoms with van der Waals surface area (Å²) in [6.07, 6.45) is 3.60. The molecule has 0 radical (unpaired) electrons. The predicted molar refractivity (Wildman–Crippen MR) is 86.3 cm³/mol. The van der Waals surface area contributed by atoms with Crippen molar-refractivity contribution in [2.24, 2.45) is 5.92 Å². The number of nitrogens with zero attached hydrogens (tertiary/aromatic N) is 1. The average Bonchev–Trinajstić information content (AvgIpc) is 3.32. The Kier molecular flexibility index (Phi) is 4.59. The van der Waals surface area contributed by atoms with Crippen LogP contribution in [0.5, 0.6) is 0 Å². The number of hydrogen-bond acceptors (Lipinski definition) is 2. The van der Waals surface area contributed by atoms with Gasteiger partial charge in [0.15, 0.2) is 0 Å². The third-order valence-electron chi connectivity index (χ3n) is 4.24. The van der Waals surface area contributed by atoms with Gasteiger partial charge in [0.2, 0.25) is 5.91 Å². The van der Waals surface area contributed by atoms with E-state index in [1.807, 2.05) is 0 Å².